The summed E-state index contributed by atoms with van der Waals surface area (Å²) in [5.74, 6) is 1.22. The first kappa shape index (κ1) is 20.2. The van der Waals surface area contributed by atoms with Crippen LogP contribution in [0.2, 0.25) is 5.02 Å². The topological polar surface area (TPSA) is 59.8 Å². The number of hydrogen-bond acceptors (Lipinski definition) is 4. The van der Waals surface area contributed by atoms with Gasteiger partial charge in [-0.05, 0) is 31.4 Å². The van der Waals surface area contributed by atoms with Crippen molar-refractivity contribution >= 4 is 29.3 Å². The molecule has 1 aromatic heterocycles. The molecule has 1 N–H and O–H groups in total. The molecule has 0 bridgehead atoms. The smallest absolute Gasteiger partial charge is 0.230 e. The van der Waals surface area contributed by atoms with Gasteiger partial charge in [0.1, 0.15) is 0 Å². The maximum atomic E-state index is 12.1. The third kappa shape index (κ3) is 5.26. The zero-order valence-electron chi connectivity index (χ0n) is 15.8. The number of thioether (sulfide) groups is 1. The molecular formula is C20H27ClN4OS. The van der Waals surface area contributed by atoms with E-state index in [1.807, 2.05) is 24.3 Å². The Kier molecular flexibility index (Phi) is 7.59. The highest BCUT2D eigenvalue weighted by Crippen LogP contribution is 2.38. The highest BCUT2D eigenvalue weighted by Gasteiger charge is 2.26. The van der Waals surface area contributed by atoms with E-state index in [2.05, 4.69) is 27.0 Å². The lowest BCUT2D eigenvalue weighted by Gasteiger charge is -2.17. The summed E-state index contributed by atoms with van der Waals surface area (Å²) in [7, 11) is 0. The van der Waals surface area contributed by atoms with E-state index < -0.39 is 0 Å². The van der Waals surface area contributed by atoms with E-state index in [-0.39, 0.29) is 5.91 Å². The molecule has 0 saturated heterocycles. The molecule has 1 fully saturated rings. The number of aromatic nitrogens is 3. The molecule has 5 nitrogen and oxygen atoms in total. The molecule has 0 radical (unpaired) electrons. The molecule has 2 aromatic rings. The first-order chi connectivity index (χ1) is 13.2. The molecule has 27 heavy (non-hydrogen) atoms. The summed E-state index contributed by atoms with van der Waals surface area (Å²) >= 11 is 7.87. The van der Waals surface area contributed by atoms with E-state index in [1.165, 1.54) is 24.6 Å². The van der Waals surface area contributed by atoms with E-state index >= 15 is 0 Å². The summed E-state index contributed by atoms with van der Waals surface area (Å²) in [5, 5.41) is 13.3. The number of carbonyl (C=O) groups is 1. The number of rotatable bonds is 9. The molecule has 0 spiro atoms. The Morgan fingerprint density at radius 3 is 2.78 bits per heavy atom. The Bertz CT molecular complexity index is 758. The van der Waals surface area contributed by atoms with Crippen LogP contribution in [0.1, 0.15) is 57.9 Å². The molecule has 146 valence electrons. The molecule has 1 aliphatic carbocycles. The molecule has 1 aromatic carbocycles. The highest BCUT2D eigenvalue weighted by atomic mass is 35.5. The lowest BCUT2D eigenvalue weighted by atomic mass is 10.2. The van der Waals surface area contributed by atoms with Crippen molar-refractivity contribution in [2.45, 2.75) is 63.1 Å². The molecule has 0 aliphatic heterocycles. The molecule has 3 rings (SSSR count). The highest BCUT2D eigenvalue weighted by molar-refractivity contribution is 7.99. The summed E-state index contributed by atoms with van der Waals surface area (Å²) in [4.78, 5) is 12.1. The van der Waals surface area contributed by atoms with Crippen LogP contribution in [0.25, 0.3) is 11.4 Å². The zero-order valence-corrected chi connectivity index (χ0v) is 17.4. The van der Waals surface area contributed by atoms with Crippen molar-refractivity contribution in [1.82, 2.24) is 20.1 Å². The van der Waals surface area contributed by atoms with E-state index in [4.69, 9.17) is 11.6 Å². The Balaban J connectivity index is 1.73. The Hall–Kier alpha value is -1.53. The van der Waals surface area contributed by atoms with Gasteiger partial charge >= 0.3 is 0 Å². The first-order valence-electron chi connectivity index (χ1n) is 9.80. The van der Waals surface area contributed by atoms with Gasteiger partial charge in [-0.3, -0.25) is 9.36 Å². The fourth-order valence-corrected chi connectivity index (χ4v) is 4.53. The van der Waals surface area contributed by atoms with Crippen LogP contribution in [0.4, 0.5) is 0 Å². The van der Waals surface area contributed by atoms with Gasteiger partial charge in [0.2, 0.25) is 5.91 Å². The SMILES string of the molecule is CCCCCNC(=O)CSc1nnc(-c2ccccc2Cl)n1C1CCCC1. The van der Waals surface area contributed by atoms with Gasteiger partial charge in [-0.2, -0.15) is 0 Å². The van der Waals surface area contributed by atoms with E-state index in [0.717, 1.165) is 55.2 Å². The van der Waals surface area contributed by atoms with Crippen LogP contribution in [0.3, 0.4) is 0 Å². The van der Waals surface area contributed by atoms with Crippen LogP contribution in [-0.2, 0) is 4.79 Å². The first-order valence-corrected chi connectivity index (χ1v) is 11.2. The van der Waals surface area contributed by atoms with Gasteiger partial charge in [0, 0.05) is 18.2 Å². The van der Waals surface area contributed by atoms with Gasteiger partial charge in [-0.1, -0.05) is 68.1 Å². The summed E-state index contributed by atoms with van der Waals surface area (Å²) in [6.45, 7) is 2.90. The second-order valence-corrected chi connectivity index (χ2v) is 8.29. The average Bonchev–Trinajstić information content (AvgIpc) is 3.33. The van der Waals surface area contributed by atoms with E-state index in [1.54, 1.807) is 0 Å². The summed E-state index contributed by atoms with van der Waals surface area (Å²) in [5.41, 5.74) is 0.898. The Morgan fingerprint density at radius 1 is 1.26 bits per heavy atom. The predicted molar refractivity (Wildman–Crippen MR) is 111 cm³/mol. The van der Waals surface area contributed by atoms with Gasteiger partial charge in [0.15, 0.2) is 11.0 Å². The zero-order chi connectivity index (χ0) is 19.1. The van der Waals surface area contributed by atoms with Crippen LogP contribution in [0.15, 0.2) is 29.4 Å². The quantitative estimate of drug-likeness (QED) is 0.464. The van der Waals surface area contributed by atoms with Gasteiger partial charge in [0.05, 0.1) is 10.8 Å². The Labute approximate surface area is 170 Å². The normalized spacial score (nSPS) is 14.6. The molecule has 0 atom stereocenters. The predicted octanol–water partition coefficient (Wildman–Crippen LogP) is 5.11. The fourth-order valence-electron chi connectivity index (χ4n) is 3.48. The van der Waals surface area contributed by atoms with Crippen molar-refractivity contribution in [1.29, 1.82) is 0 Å². The third-order valence-electron chi connectivity index (χ3n) is 4.90. The van der Waals surface area contributed by atoms with Gasteiger partial charge < -0.3 is 5.32 Å². The van der Waals surface area contributed by atoms with Crippen molar-refractivity contribution in [3.8, 4) is 11.4 Å². The van der Waals surface area contributed by atoms with Crippen LogP contribution in [0, 0.1) is 0 Å². The lowest BCUT2D eigenvalue weighted by Crippen LogP contribution is -2.26. The van der Waals surface area contributed by atoms with Crippen LogP contribution >= 0.6 is 23.4 Å². The number of carbonyl (C=O) groups excluding carboxylic acids is 1. The summed E-state index contributed by atoms with van der Waals surface area (Å²) in [6, 6.07) is 8.11. The number of unbranched alkanes of at least 4 members (excludes halogenated alkanes) is 2. The Morgan fingerprint density at radius 2 is 2.04 bits per heavy atom. The van der Waals surface area contributed by atoms with E-state index in [0.29, 0.717) is 16.8 Å². The van der Waals surface area contributed by atoms with Gasteiger partial charge in [0.25, 0.3) is 0 Å². The maximum Gasteiger partial charge on any atom is 0.230 e. The fraction of sp³-hybridized carbons (Fsp3) is 0.550. The van der Waals surface area contributed by atoms with Crippen molar-refractivity contribution in [2.24, 2.45) is 0 Å². The van der Waals surface area contributed by atoms with Crippen molar-refractivity contribution < 1.29 is 4.79 Å². The largest absolute Gasteiger partial charge is 0.355 e. The number of nitrogens with one attached hydrogen (secondary N) is 1. The maximum absolute atomic E-state index is 12.1. The monoisotopic (exact) mass is 406 g/mol. The molecule has 0 unspecified atom stereocenters. The van der Waals surface area contributed by atoms with Gasteiger partial charge in [-0.25, -0.2) is 0 Å². The number of nitrogens with zero attached hydrogens (tertiary/aromatic N) is 3. The summed E-state index contributed by atoms with van der Waals surface area (Å²) < 4.78 is 2.20. The molecule has 7 heteroatoms. The lowest BCUT2D eigenvalue weighted by molar-refractivity contribution is -0.118. The number of benzene rings is 1. The van der Waals surface area contributed by atoms with Gasteiger partial charge in [-0.15, -0.1) is 10.2 Å². The molecule has 1 heterocycles. The standard InChI is InChI=1S/C20H27ClN4OS/c1-2-3-8-13-22-18(26)14-27-20-24-23-19(16-11-6-7-12-17(16)21)25(20)15-9-4-5-10-15/h6-7,11-12,15H,2-5,8-10,13-14H2,1H3,(H,22,26). The van der Waals surface area contributed by atoms with Crippen molar-refractivity contribution in [3.63, 3.8) is 0 Å². The van der Waals surface area contributed by atoms with Crippen molar-refractivity contribution in [2.75, 3.05) is 12.3 Å². The minimum atomic E-state index is 0.0522. The molecule has 1 amide bonds. The van der Waals surface area contributed by atoms with Crippen LogP contribution in [0.5, 0.6) is 0 Å². The molecular weight excluding hydrogens is 380 g/mol. The summed E-state index contributed by atoms with van der Waals surface area (Å²) in [6.07, 6.45) is 7.99. The van der Waals surface area contributed by atoms with E-state index in [9.17, 15) is 4.79 Å². The number of amides is 1. The second-order valence-electron chi connectivity index (χ2n) is 6.94. The molecule has 1 saturated carbocycles. The second kappa shape index (κ2) is 10.1. The average molecular weight is 407 g/mol. The minimum Gasteiger partial charge on any atom is -0.355 e. The van der Waals surface area contributed by atoms with Crippen LogP contribution < -0.4 is 5.32 Å². The number of halogens is 1. The minimum absolute atomic E-state index is 0.0522. The van der Waals surface area contributed by atoms with Crippen LogP contribution in [-0.4, -0.2) is 33.0 Å². The molecule has 1 aliphatic rings. The third-order valence-corrected chi connectivity index (χ3v) is 6.18. The van der Waals surface area contributed by atoms with Crippen molar-refractivity contribution in [3.05, 3.63) is 29.3 Å². The number of hydrogen-bond donors (Lipinski definition) is 1.